The number of H-pyrrole nitrogens is 1. The van der Waals surface area contributed by atoms with E-state index in [9.17, 15) is 9.18 Å². The lowest BCUT2D eigenvalue weighted by Crippen LogP contribution is -2.05. The highest BCUT2D eigenvalue weighted by molar-refractivity contribution is 5.91. The van der Waals surface area contributed by atoms with Crippen LogP contribution in [-0.4, -0.2) is 17.6 Å². The molecule has 2 rings (SSSR count). The van der Waals surface area contributed by atoms with Crippen molar-refractivity contribution in [3.63, 3.8) is 0 Å². The summed E-state index contributed by atoms with van der Waals surface area (Å²) < 4.78 is 18.3. The highest BCUT2D eigenvalue weighted by atomic mass is 19.1. The van der Waals surface area contributed by atoms with E-state index in [0.717, 1.165) is 5.56 Å². The van der Waals surface area contributed by atoms with E-state index in [4.69, 9.17) is 4.74 Å². The fourth-order valence-corrected chi connectivity index (χ4v) is 1.56. The molecular formula is C13H12FNO2. The Morgan fingerprint density at radius 3 is 2.71 bits per heavy atom. The second-order valence-corrected chi connectivity index (χ2v) is 3.50. The third-order valence-corrected chi connectivity index (χ3v) is 2.35. The molecule has 0 aliphatic carbocycles. The predicted molar refractivity (Wildman–Crippen MR) is 62.1 cm³/mol. The first-order chi connectivity index (χ1) is 8.22. The Balaban J connectivity index is 2.34. The number of halogens is 1. The lowest BCUT2D eigenvalue weighted by Gasteiger charge is -1.97. The number of esters is 1. The maximum atomic E-state index is 13.5. The van der Waals surface area contributed by atoms with E-state index in [1.54, 1.807) is 6.92 Å². The normalized spacial score (nSPS) is 10.2. The zero-order chi connectivity index (χ0) is 12.3. The number of nitrogens with one attached hydrogen (secondary N) is 1. The van der Waals surface area contributed by atoms with Crippen LogP contribution >= 0.6 is 0 Å². The fourth-order valence-electron chi connectivity index (χ4n) is 1.56. The average Bonchev–Trinajstić information content (AvgIpc) is 2.73. The molecule has 0 unspecified atom stereocenters. The molecule has 0 saturated carbocycles. The minimum Gasteiger partial charge on any atom is -0.462 e. The van der Waals surface area contributed by atoms with Gasteiger partial charge in [0.25, 0.3) is 0 Å². The Kier molecular flexibility index (Phi) is 3.23. The van der Waals surface area contributed by atoms with Crippen molar-refractivity contribution in [3.05, 3.63) is 47.9 Å². The molecule has 0 aliphatic heterocycles. The van der Waals surface area contributed by atoms with Crippen molar-refractivity contribution in [1.82, 2.24) is 4.98 Å². The molecule has 2 aromatic rings. The van der Waals surface area contributed by atoms with E-state index in [0.29, 0.717) is 5.69 Å². The third-order valence-electron chi connectivity index (χ3n) is 2.35. The summed E-state index contributed by atoms with van der Waals surface area (Å²) in [5.41, 5.74) is 1.32. The second-order valence-electron chi connectivity index (χ2n) is 3.50. The van der Waals surface area contributed by atoms with Gasteiger partial charge in [0.2, 0.25) is 5.95 Å². The molecule has 88 valence electrons. The van der Waals surface area contributed by atoms with E-state index in [-0.39, 0.29) is 12.2 Å². The first kappa shape index (κ1) is 11.4. The quantitative estimate of drug-likeness (QED) is 0.828. The largest absolute Gasteiger partial charge is 0.462 e. The number of aromatic nitrogens is 1. The maximum absolute atomic E-state index is 13.5. The van der Waals surface area contributed by atoms with E-state index in [2.05, 4.69) is 4.98 Å². The van der Waals surface area contributed by atoms with Gasteiger partial charge in [0.1, 0.15) is 5.56 Å². The molecule has 1 aromatic carbocycles. The molecular weight excluding hydrogens is 221 g/mol. The van der Waals surface area contributed by atoms with Crippen molar-refractivity contribution >= 4 is 5.97 Å². The van der Waals surface area contributed by atoms with Gasteiger partial charge >= 0.3 is 5.97 Å². The number of aromatic amines is 1. The molecule has 3 nitrogen and oxygen atoms in total. The van der Waals surface area contributed by atoms with Gasteiger partial charge in [0, 0.05) is 5.69 Å². The number of rotatable bonds is 3. The van der Waals surface area contributed by atoms with Crippen LogP contribution in [0.5, 0.6) is 0 Å². The molecule has 1 N–H and O–H groups in total. The summed E-state index contributed by atoms with van der Waals surface area (Å²) in [6, 6.07) is 10.7. The summed E-state index contributed by atoms with van der Waals surface area (Å²) in [6.07, 6.45) is 0. The zero-order valence-electron chi connectivity index (χ0n) is 9.37. The number of hydrogen-bond donors (Lipinski definition) is 1. The van der Waals surface area contributed by atoms with Crippen LogP contribution in [0.1, 0.15) is 17.3 Å². The molecule has 0 bridgehead atoms. The Bertz CT molecular complexity index is 519. The summed E-state index contributed by atoms with van der Waals surface area (Å²) in [6.45, 7) is 1.91. The van der Waals surface area contributed by atoms with Gasteiger partial charge in [-0.25, -0.2) is 4.79 Å². The SMILES string of the molecule is CCOC(=O)c1cc(-c2ccccc2)[nH]c1F. The van der Waals surface area contributed by atoms with Crippen LogP contribution in [0.25, 0.3) is 11.3 Å². The second kappa shape index (κ2) is 4.82. The maximum Gasteiger partial charge on any atom is 0.342 e. The summed E-state index contributed by atoms with van der Waals surface area (Å²) in [5, 5.41) is 0. The average molecular weight is 233 g/mol. The highest BCUT2D eigenvalue weighted by Crippen LogP contribution is 2.21. The molecule has 17 heavy (non-hydrogen) atoms. The van der Waals surface area contributed by atoms with Crippen LogP contribution in [0.15, 0.2) is 36.4 Å². The van der Waals surface area contributed by atoms with Gasteiger partial charge in [-0.15, -0.1) is 0 Å². The Morgan fingerprint density at radius 2 is 2.06 bits per heavy atom. The minimum atomic E-state index is -0.665. The summed E-state index contributed by atoms with van der Waals surface area (Å²) in [7, 11) is 0. The van der Waals surface area contributed by atoms with Crippen LogP contribution in [0.2, 0.25) is 0 Å². The van der Waals surface area contributed by atoms with Crippen molar-refractivity contribution in [2.45, 2.75) is 6.92 Å². The fraction of sp³-hybridized carbons (Fsp3) is 0.154. The van der Waals surface area contributed by atoms with Crippen molar-refractivity contribution in [3.8, 4) is 11.3 Å². The van der Waals surface area contributed by atoms with Gasteiger partial charge in [-0.1, -0.05) is 30.3 Å². The molecule has 1 heterocycles. The van der Waals surface area contributed by atoms with E-state index in [1.807, 2.05) is 30.3 Å². The number of benzene rings is 1. The van der Waals surface area contributed by atoms with Crippen LogP contribution in [0.4, 0.5) is 4.39 Å². The minimum absolute atomic E-state index is 0.0642. The summed E-state index contributed by atoms with van der Waals surface area (Å²) in [4.78, 5) is 14.0. The molecule has 0 radical (unpaired) electrons. The van der Waals surface area contributed by atoms with Crippen molar-refractivity contribution in [2.24, 2.45) is 0 Å². The van der Waals surface area contributed by atoms with E-state index < -0.39 is 11.9 Å². The number of hydrogen-bond acceptors (Lipinski definition) is 2. The number of carbonyl (C=O) groups excluding carboxylic acids is 1. The van der Waals surface area contributed by atoms with Crippen molar-refractivity contribution in [2.75, 3.05) is 6.61 Å². The standard InChI is InChI=1S/C13H12FNO2/c1-2-17-13(16)10-8-11(15-12(10)14)9-6-4-3-5-7-9/h3-8,15H,2H2,1H3. The number of ether oxygens (including phenoxy) is 1. The molecule has 0 amide bonds. The summed E-state index contributed by atoms with van der Waals surface area (Å²) >= 11 is 0. The van der Waals surface area contributed by atoms with E-state index in [1.165, 1.54) is 6.07 Å². The highest BCUT2D eigenvalue weighted by Gasteiger charge is 2.16. The molecule has 0 aliphatic rings. The van der Waals surface area contributed by atoms with Crippen LogP contribution in [-0.2, 0) is 4.74 Å². The smallest absolute Gasteiger partial charge is 0.342 e. The van der Waals surface area contributed by atoms with Crippen molar-refractivity contribution in [1.29, 1.82) is 0 Å². The Morgan fingerprint density at radius 1 is 1.35 bits per heavy atom. The monoisotopic (exact) mass is 233 g/mol. The van der Waals surface area contributed by atoms with Gasteiger partial charge < -0.3 is 9.72 Å². The predicted octanol–water partition coefficient (Wildman–Crippen LogP) is 3.00. The molecule has 0 saturated heterocycles. The number of carbonyl (C=O) groups is 1. The molecule has 0 spiro atoms. The van der Waals surface area contributed by atoms with Crippen LogP contribution in [0.3, 0.4) is 0 Å². The molecule has 4 heteroatoms. The first-order valence-electron chi connectivity index (χ1n) is 5.33. The molecule has 0 fully saturated rings. The lowest BCUT2D eigenvalue weighted by molar-refractivity contribution is 0.0521. The molecule has 0 atom stereocenters. The van der Waals surface area contributed by atoms with Gasteiger partial charge in [-0.3, -0.25) is 0 Å². The lowest BCUT2D eigenvalue weighted by atomic mass is 10.1. The Hall–Kier alpha value is -2.10. The molecule has 1 aromatic heterocycles. The van der Waals surface area contributed by atoms with Gasteiger partial charge in [0.15, 0.2) is 0 Å². The van der Waals surface area contributed by atoms with Crippen LogP contribution in [0, 0.1) is 5.95 Å². The van der Waals surface area contributed by atoms with Gasteiger partial charge in [-0.05, 0) is 18.6 Å². The van der Waals surface area contributed by atoms with Gasteiger partial charge in [-0.2, -0.15) is 4.39 Å². The summed E-state index contributed by atoms with van der Waals surface area (Å²) in [5.74, 6) is -1.31. The zero-order valence-corrected chi connectivity index (χ0v) is 9.37. The topological polar surface area (TPSA) is 42.1 Å². The van der Waals surface area contributed by atoms with E-state index >= 15 is 0 Å². The van der Waals surface area contributed by atoms with Crippen molar-refractivity contribution < 1.29 is 13.9 Å². The first-order valence-corrected chi connectivity index (χ1v) is 5.33. The third kappa shape index (κ3) is 2.36. The van der Waals surface area contributed by atoms with Crippen LogP contribution < -0.4 is 0 Å². The Labute approximate surface area is 98.2 Å². The van der Waals surface area contributed by atoms with Gasteiger partial charge in [0.05, 0.1) is 6.61 Å².